The van der Waals surface area contributed by atoms with Crippen molar-refractivity contribution in [2.75, 3.05) is 13.1 Å². The fourth-order valence-electron chi connectivity index (χ4n) is 3.62. The fourth-order valence-corrected chi connectivity index (χ4v) is 3.62. The molecule has 0 aromatic heterocycles. The standard InChI is InChI=1S/C16H22N2O3/c17-14(7-10-1-4-12(19)5-2-10)16(21)18-8-11-3-6-15(20)13(11)9-18/h1-2,4-5,11,13-15,19-20H,3,6-9,17H2/t11?,13?,14-,15?/m0/s1. The largest absolute Gasteiger partial charge is 0.508 e. The van der Waals surface area contributed by atoms with Crippen LogP contribution in [-0.2, 0) is 11.2 Å². The molecule has 1 saturated carbocycles. The van der Waals surface area contributed by atoms with Crippen LogP contribution in [0.3, 0.4) is 0 Å². The molecule has 3 rings (SSSR count). The lowest BCUT2D eigenvalue weighted by Crippen LogP contribution is -2.44. The van der Waals surface area contributed by atoms with Crippen molar-refractivity contribution in [2.24, 2.45) is 17.6 Å². The van der Waals surface area contributed by atoms with E-state index in [2.05, 4.69) is 0 Å². The number of phenolic OH excluding ortho intramolecular Hbond substituents is 1. The van der Waals surface area contributed by atoms with Gasteiger partial charge in [0.15, 0.2) is 0 Å². The van der Waals surface area contributed by atoms with Crippen LogP contribution in [0, 0.1) is 11.8 Å². The molecule has 4 atom stereocenters. The Balaban J connectivity index is 1.59. The van der Waals surface area contributed by atoms with E-state index < -0.39 is 6.04 Å². The van der Waals surface area contributed by atoms with Crippen LogP contribution in [0.1, 0.15) is 18.4 Å². The number of fused-ring (bicyclic) bond motifs is 1. The lowest BCUT2D eigenvalue weighted by molar-refractivity contribution is -0.132. The lowest BCUT2D eigenvalue weighted by atomic mass is 10.00. The van der Waals surface area contributed by atoms with Crippen molar-refractivity contribution in [3.8, 4) is 5.75 Å². The van der Waals surface area contributed by atoms with E-state index in [1.807, 2.05) is 4.90 Å². The normalized spacial score (nSPS) is 29.4. The number of likely N-dealkylation sites (tertiary alicyclic amines) is 1. The predicted octanol–water partition coefficient (Wildman–Crippen LogP) is 0.491. The van der Waals surface area contributed by atoms with Crippen LogP contribution in [-0.4, -0.2) is 46.3 Å². The topological polar surface area (TPSA) is 86.8 Å². The molecule has 1 saturated heterocycles. The van der Waals surface area contributed by atoms with E-state index >= 15 is 0 Å². The minimum atomic E-state index is -0.564. The number of phenols is 1. The zero-order valence-electron chi connectivity index (χ0n) is 12.0. The third-order valence-corrected chi connectivity index (χ3v) is 4.84. The Hall–Kier alpha value is -1.59. The van der Waals surface area contributed by atoms with Gasteiger partial charge in [0, 0.05) is 19.0 Å². The van der Waals surface area contributed by atoms with E-state index in [1.165, 1.54) is 0 Å². The zero-order chi connectivity index (χ0) is 15.0. The summed E-state index contributed by atoms with van der Waals surface area (Å²) in [7, 11) is 0. The van der Waals surface area contributed by atoms with Gasteiger partial charge in [-0.15, -0.1) is 0 Å². The van der Waals surface area contributed by atoms with Gasteiger partial charge in [-0.1, -0.05) is 12.1 Å². The van der Waals surface area contributed by atoms with Crippen molar-refractivity contribution in [3.63, 3.8) is 0 Å². The molecule has 1 heterocycles. The maximum Gasteiger partial charge on any atom is 0.239 e. The third-order valence-electron chi connectivity index (χ3n) is 4.84. The maximum absolute atomic E-state index is 12.4. The summed E-state index contributed by atoms with van der Waals surface area (Å²) in [6.45, 7) is 1.36. The van der Waals surface area contributed by atoms with E-state index in [-0.39, 0.29) is 23.7 Å². The molecule has 1 aromatic carbocycles. The van der Waals surface area contributed by atoms with Gasteiger partial charge in [0.1, 0.15) is 5.75 Å². The predicted molar refractivity (Wildman–Crippen MR) is 78.6 cm³/mol. The van der Waals surface area contributed by atoms with Crippen molar-refractivity contribution < 1.29 is 15.0 Å². The molecule has 0 radical (unpaired) electrons. The average molecular weight is 290 g/mol. The molecule has 0 spiro atoms. The SMILES string of the molecule is N[C@@H](Cc1ccc(O)cc1)C(=O)N1CC2CCC(O)C2C1. The maximum atomic E-state index is 12.4. The van der Waals surface area contributed by atoms with Crippen LogP contribution in [0.5, 0.6) is 5.75 Å². The van der Waals surface area contributed by atoms with Crippen LogP contribution in [0.15, 0.2) is 24.3 Å². The van der Waals surface area contributed by atoms with Crippen molar-refractivity contribution in [1.29, 1.82) is 0 Å². The summed E-state index contributed by atoms with van der Waals surface area (Å²) in [5, 5.41) is 19.2. The van der Waals surface area contributed by atoms with Gasteiger partial charge >= 0.3 is 0 Å². The smallest absolute Gasteiger partial charge is 0.239 e. The van der Waals surface area contributed by atoms with E-state index in [1.54, 1.807) is 24.3 Å². The number of amides is 1. The highest BCUT2D eigenvalue weighted by molar-refractivity contribution is 5.82. The summed E-state index contributed by atoms with van der Waals surface area (Å²) in [6, 6.07) is 6.20. The van der Waals surface area contributed by atoms with E-state index in [0.717, 1.165) is 24.9 Å². The van der Waals surface area contributed by atoms with Crippen molar-refractivity contribution >= 4 is 5.91 Å². The average Bonchev–Trinajstić information content (AvgIpc) is 3.03. The molecule has 1 aliphatic carbocycles. The fraction of sp³-hybridized carbons (Fsp3) is 0.562. The van der Waals surface area contributed by atoms with Gasteiger partial charge in [-0.25, -0.2) is 0 Å². The molecule has 21 heavy (non-hydrogen) atoms. The van der Waals surface area contributed by atoms with Gasteiger partial charge in [0.05, 0.1) is 12.1 Å². The number of nitrogens with zero attached hydrogens (tertiary/aromatic N) is 1. The summed E-state index contributed by atoms with van der Waals surface area (Å²) in [5.41, 5.74) is 6.97. The van der Waals surface area contributed by atoms with Crippen LogP contribution in [0.25, 0.3) is 0 Å². The molecule has 1 amide bonds. The molecule has 5 nitrogen and oxygen atoms in total. The summed E-state index contributed by atoms with van der Waals surface area (Å²) in [4.78, 5) is 14.2. The number of benzene rings is 1. The summed E-state index contributed by atoms with van der Waals surface area (Å²) in [6.07, 6.45) is 2.06. The quantitative estimate of drug-likeness (QED) is 0.756. The van der Waals surface area contributed by atoms with E-state index in [9.17, 15) is 15.0 Å². The van der Waals surface area contributed by atoms with E-state index in [4.69, 9.17) is 5.73 Å². The highest BCUT2D eigenvalue weighted by Gasteiger charge is 2.43. The second-order valence-corrected chi connectivity index (χ2v) is 6.29. The minimum Gasteiger partial charge on any atom is -0.508 e. The lowest BCUT2D eigenvalue weighted by Gasteiger charge is -2.22. The first-order chi connectivity index (χ1) is 10.0. The Bertz CT molecular complexity index is 517. The number of carbonyl (C=O) groups excluding carboxylic acids is 1. The minimum absolute atomic E-state index is 0.0373. The molecule has 3 unspecified atom stereocenters. The van der Waals surface area contributed by atoms with Crippen LogP contribution in [0.4, 0.5) is 0 Å². The number of aliphatic hydroxyl groups excluding tert-OH is 1. The Morgan fingerprint density at radius 3 is 2.67 bits per heavy atom. The number of aliphatic hydroxyl groups is 1. The molecule has 2 fully saturated rings. The monoisotopic (exact) mass is 290 g/mol. The van der Waals surface area contributed by atoms with Gasteiger partial charge in [0.25, 0.3) is 0 Å². The Morgan fingerprint density at radius 2 is 2.00 bits per heavy atom. The molecule has 1 aromatic rings. The van der Waals surface area contributed by atoms with Gasteiger partial charge in [0.2, 0.25) is 5.91 Å². The number of nitrogens with two attached hydrogens (primary N) is 1. The highest BCUT2D eigenvalue weighted by Crippen LogP contribution is 2.38. The summed E-state index contributed by atoms with van der Waals surface area (Å²) >= 11 is 0. The first-order valence-electron chi connectivity index (χ1n) is 7.55. The molecule has 4 N–H and O–H groups in total. The number of hydrogen-bond donors (Lipinski definition) is 3. The van der Waals surface area contributed by atoms with Crippen molar-refractivity contribution in [1.82, 2.24) is 4.90 Å². The van der Waals surface area contributed by atoms with Crippen molar-refractivity contribution in [3.05, 3.63) is 29.8 Å². The second kappa shape index (κ2) is 5.66. The molecule has 5 heteroatoms. The van der Waals surface area contributed by atoms with Gasteiger partial charge in [-0.05, 0) is 42.9 Å². The molecular weight excluding hydrogens is 268 g/mol. The molecule has 1 aliphatic heterocycles. The molecule has 2 aliphatic rings. The Labute approximate surface area is 124 Å². The third kappa shape index (κ3) is 2.89. The Morgan fingerprint density at radius 1 is 1.29 bits per heavy atom. The first-order valence-corrected chi connectivity index (χ1v) is 7.55. The Kier molecular flexibility index (Phi) is 3.87. The second-order valence-electron chi connectivity index (χ2n) is 6.29. The molecular formula is C16H22N2O3. The van der Waals surface area contributed by atoms with E-state index in [0.29, 0.717) is 18.9 Å². The van der Waals surface area contributed by atoms with Gasteiger partial charge < -0.3 is 20.8 Å². The number of aromatic hydroxyl groups is 1. The molecule has 0 bridgehead atoms. The van der Waals surface area contributed by atoms with Gasteiger partial charge in [-0.3, -0.25) is 4.79 Å². The highest BCUT2D eigenvalue weighted by atomic mass is 16.3. The zero-order valence-corrected chi connectivity index (χ0v) is 12.0. The van der Waals surface area contributed by atoms with Crippen LogP contribution in [0.2, 0.25) is 0 Å². The number of carbonyl (C=O) groups is 1. The molecule has 114 valence electrons. The summed E-state index contributed by atoms with van der Waals surface area (Å²) in [5.74, 6) is 0.837. The first kappa shape index (κ1) is 14.4. The number of rotatable bonds is 3. The summed E-state index contributed by atoms with van der Waals surface area (Å²) < 4.78 is 0. The van der Waals surface area contributed by atoms with Crippen molar-refractivity contribution in [2.45, 2.75) is 31.4 Å². The number of hydrogen-bond acceptors (Lipinski definition) is 4. The van der Waals surface area contributed by atoms with Crippen LogP contribution >= 0.6 is 0 Å². The van der Waals surface area contributed by atoms with Crippen LogP contribution < -0.4 is 5.73 Å². The van der Waals surface area contributed by atoms with Gasteiger partial charge in [-0.2, -0.15) is 0 Å².